The van der Waals surface area contributed by atoms with Crippen molar-refractivity contribution in [3.05, 3.63) is 54.1 Å². The van der Waals surface area contributed by atoms with E-state index in [4.69, 9.17) is 0 Å². The zero-order chi connectivity index (χ0) is 16.1. The number of carbonyl (C=O) groups is 1. The maximum atomic E-state index is 11.1. The lowest BCUT2D eigenvalue weighted by molar-refractivity contribution is -0.118. The standard InChI is InChI=1S/C19H22N2OS/c1-14(22)20-11-9-15-10-12-23-19-8-7-17(13-18(15)19)21-16-5-3-2-4-6-16/h2-8,13,15,21H,9-12H2,1H3,(H,20,22). The van der Waals surface area contributed by atoms with E-state index in [0.29, 0.717) is 5.92 Å². The van der Waals surface area contributed by atoms with Crippen molar-refractivity contribution in [2.45, 2.75) is 30.6 Å². The minimum Gasteiger partial charge on any atom is -0.356 e. The largest absolute Gasteiger partial charge is 0.356 e. The summed E-state index contributed by atoms with van der Waals surface area (Å²) in [6.07, 6.45) is 2.17. The molecule has 0 fully saturated rings. The summed E-state index contributed by atoms with van der Waals surface area (Å²) < 4.78 is 0. The predicted molar refractivity (Wildman–Crippen MR) is 97.5 cm³/mol. The van der Waals surface area contributed by atoms with Crippen molar-refractivity contribution < 1.29 is 4.79 Å². The molecular formula is C19H22N2OS. The number of amides is 1. The van der Waals surface area contributed by atoms with E-state index in [1.54, 1.807) is 6.92 Å². The fourth-order valence-corrected chi connectivity index (χ4v) is 4.13. The van der Waals surface area contributed by atoms with Crippen molar-refractivity contribution in [1.29, 1.82) is 0 Å². The molecule has 0 saturated heterocycles. The van der Waals surface area contributed by atoms with E-state index < -0.39 is 0 Å². The topological polar surface area (TPSA) is 41.1 Å². The molecule has 120 valence electrons. The Balaban J connectivity index is 1.74. The molecule has 0 spiro atoms. The van der Waals surface area contributed by atoms with Gasteiger partial charge in [-0.25, -0.2) is 0 Å². The van der Waals surface area contributed by atoms with Crippen LogP contribution in [0.5, 0.6) is 0 Å². The second-order valence-electron chi connectivity index (χ2n) is 5.85. The maximum absolute atomic E-state index is 11.1. The molecule has 0 aliphatic carbocycles. The summed E-state index contributed by atoms with van der Waals surface area (Å²) in [5.41, 5.74) is 3.64. The van der Waals surface area contributed by atoms with Crippen LogP contribution in [-0.4, -0.2) is 18.2 Å². The van der Waals surface area contributed by atoms with Crippen molar-refractivity contribution in [3.63, 3.8) is 0 Å². The molecule has 0 saturated carbocycles. The highest BCUT2D eigenvalue weighted by Crippen LogP contribution is 2.40. The Kier molecular flexibility index (Phi) is 5.23. The first-order valence-electron chi connectivity index (χ1n) is 8.05. The van der Waals surface area contributed by atoms with Crippen molar-refractivity contribution >= 4 is 29.0 Å². The molecular weight excluding hydrogens is 304 g/mol. The molecule has 0 aromatic heterocycles. The smallest absolute Gasteiger partial charge is 0.216 e. The van der Waals surface area contributed by atoms with E-state index in [1.165, 1.54) is 16.9 Å². The quantitative estimate of drug-likeness (QED) is 0.848. The lowest BCUT2D eigenvalue weighted by atomic mass is 9.92. The van der Waals surface area contributed by atoms with Gasteiger partial charge in [-0.2, -0.15) is 0 Å². The number of fused-ring (bicyclic) bond motifs is 1. The molecule has 0 radical (unpaired) electrons. The van der Waals surface area contributed by atoms with Gasteiger partial charge in [0.2, 0.25) is 5.91 Å². The van der Waals surface area contributed by atoms with Gasteiger partial charge in [-0.1, -0.05) is 18.2 Å². The van der Waals surface area contributed by atoms with Crippen LogP contribution in [0.2, 0.25) is 0 Å². The molecule has 2 aromatic rings. The summed E-state index contributed by atoms with van der Waals surface area (Å²) in [4.78, 5) is 12.4. The molecule has 2 N–H and O–H groups in total. The number of benzene rings is 2. The summed E-state index contributed by atoms with van der Waals surface area (Å²) in [5.74, 6) is 1.73. The third kappa shape index (κ3) is 4.29. The van der Waals surface area contributed by atoms with Crippen LogP contribution in [0, 0.1) is 0 Å². The Labute approximate surface area is 141 Å². The molecule has 3 rings (SSSR count). The van der Waals surface area contributed by atoms with Crippen LogP contribution in [0.4, 0.5) is 11.4 Å². The highest BCUT2D eigenvalue weighted by atomic mass is 32.2. The van der Waals surface area contributed by atoms with Gasteiger partial charge in [0.25, 0.3) is 0 Å². The molecule has 1 atom stereocenters. The number of anilines is 2. The van der Waals surface area contributed by atoms with E-state index in [-0.39, 0.29) is 5.91 Å². The highest BCUT2D eigenvalue weighted by molar-refractivity contribution is 7.99. The summed E-state index contributed by atoms with van der Waals surface area (Å²) in [6, 6.07) is 16.9. The Morgan fingerprint density at radius 3 is 2.78 bits per heavy atom. The Morgan fingerprint density at radius 1 is 1.17 bits per heavy atom. The molecule has 1 unspecified atom stereocenters. The lowest BCUT2D eigenvalue weighted by Crippen LogP contribution is -2.23. The van der Waals surface area contributed by atoms with Crippen molar-refractivity contribution in [1.82, 2.24) is 5.32 Å². The monoisotopic (exact) mass is 326 g/mol. The highest BCUT2D eigenvalue weighted by Gasteiger charge is 2.21. The molecule has 3 nitrogen and oxygen atoms in total. The van der Waals surface area contributed by atoms with Gasteiger partial charge in [-0.15, -0.1) is 11.8 Å². The van der Waals surface area contributed by atoms with Gasteiger partial charge < -0.3 is 10.6 Å². The number of rotatable bonds is 5. The fraction of sp³-hybridized carbons (Fsp3) is 0.316. The summed E-state index contributed by atoms with van der Waals surface area (Å²) in [5, 5.41) is 6.39. The third-order valence-corrected chi connectivity index (χ3v) is 5.23. The van der Waals surface area contributed by atoms with Crippen LogP contribution in [0.15, 0.2) is 53.4 Å². The van der Waals surface area contributed by atoms with Crippen LogP contribution in [0.1, 0.15) is 31.2 Å². The second kappa shape index (κ2) is 7.55. The number of carbonyl (C=O) groups excluding carboxylic acids is 1. The number of hydrogen-bond acceptors (Lipinski definition) is 3. The number of nitrogens with one attached hydrogen (secondary N) is 2. The Morgan fingerprint density at radius 2 is 2.00 bits per heavy atom. The molecule has 23 heavy (non-hydrogen) atoms. The first-order valence-corrected chi connectivity index (χ1v) is 9.04. The zero-order valence-corrected chi connectivity index (χ0v) is 14.2. The van der Waals surface area contributed by atoms with Crippen LogP contribution >= 0.6 is 11.8 Å². The van der Waals surface area contributed by atoms with E-state index >= 15 is 0 Å². The van der Waals surface area contributed by atoms with Gasteiger partial charge in [-0.05, 0) is 60.4 Å². The minimum atomic E-state index is 0.0508. The summed E-state index contributed by atoms with van der Waals surface area (Å²) in [7, 11) is 0. The Bertz CT molecular complexity index is 672. The molecule has 4 heteroatoms. The van der Waals surface area contributed by atoms with Gasteiger partial charge in [0.15, 0.2) is 0 Å². The first kappa shape index (κ1) is 15.9. The number of hydrogen-bond donors (Lipinski definition) is 2. The van der Waals surface area contributed by atoms with Gasteiger partial charge in [0.05, 0.1) is 0 Å². The van der Waals surface area contributed by atoms with E-state index in [9.17, 15) is 4.79 Å². The van der Waals surface area contributed by atoms with Crippen LogP contribution in [0.3, 0.4) is 0 Å². The summed E-state index contributed by atoms with van der Waals surface area (Å²) in [6.45, 7) is 2.33. The minimum absolute atomic E-state index is 0.0508. The van der Waals surface area contributed by atoms with Gasteiger partial charge in [0.1, 0.15) is 0 Å². The first-order chi connectivity index (χ1) is 11.2. The molecule has 1 aliphatic rings. The normalized spacial score (nSPS) is 16.5. The summed E-state index contributed by atoms with van der Waals surface area (Å²) >= 11 is 1.93. The van der Waals surface area contributed by atoms with Crippen LogP contribution in [0.25, 0.3) is 0 Å². The lowest BCUT2D eigenvalue weighted by Gasteiger charge is -2.26. The SMILES string of the molecule is CC(=O)NCCC1CCSc2ccc(Nc3ccccc3)cc21. The van der Waals surface area contributed by atoms with Crippen molar-refractivity contribution in [3.8, 4) is 0 Å². The van der Waals surface area contributed by atoms with E-state index in [0.717, 1.165) is 30.1 Å². The average Bonchev–Trinajstić information content (AvgIpc) is 2.56. The Hall–Kier alpha value is -1.94. The van der Waals surface area contributed by atoms with Gasteiger partial charge >= 0.3 is 0 Å². The van der Waals surface area contributed by atoms with Crippen molar-refractivity contribution in [2.24, 2.45) is 0 Å². The van der Waals surface area contributed by atoms with Gasteiger partial charge in [0, 0.05) is 29.7 Å². The molecule has 1 aliphatic heterocycles. The average molecular weight is 326 g/mol. The molecule has 0 bridgehead atoms. The van der Waals surface area contributed by atoms with Crippen LogP contribution in [-0.2, 0) is 4.79 Å². The molecule has 1 heterocycles. The van der Waals surface area contributed by atoms with E-state index in [1.807, 2.05) is 30.0 Å². The van der Waals surface area contributed by atoms with Gasteiger partial charge in [-0.3, -0.25) is 4.79 Å². The molecule has 1 amide bonds. The fourth-order valence-electron chi connectivity index (χ4n) is 2.95. The predicted octanol–water partition coefficient (Wildman–Crippen LogP) is 4.54. The van der Waals surface area contributed by atoms with Crippen molar-refractivity contribution in [2.75, 3.05) is 17.6 Å². The third-order valence-electron chi connectivity index (χ3n) is 4.10. The maximum Gasteiger partial charge on any atom is 0.216 e. The van der Waals surface area contributed by atoms with E-state index in [2.05, 4.69) is 41.0 Å². The number of para-hydroxylation sites is 1. The number of thioether (sulfide) groups is 1. The zero-order valence-electron chi connectivity index (χ0n) is 13.3. The molecule has 2 aromatic carbocycles. The second-order valence-corrected chi connectivity index (χ2v) is 6.99. The van der Waals surface area contributed by atoms with Crippen LogP contribution < -0.4 is 10.6 Å².